The quantitative estimate of drug-likeness (QED) is 0.769. The average molecular weight is 360 g/mol. The van der Waals surface area contributed by atoms with Crippen molar-refractivity contribution in [3.8, 4) is 5.75 Å². The third kappa shape index (κ3) is 3.36. The Morgan fingerprint density at radius 3 is 2.56 bits per heavy atom. The van der Waals surface area contributed by atoms with Crippen molar-refractivity contribution in [2.24, 2.45) is 5.92 Å². The highest BCUT2D eigenvalue weighted by Gasteiger charge is 2.35. The van der Waals surface area contributed by atoms with Gasteiger partial charge in [-0.25, -0.2) is 0 Å². The van der Waals surface area contributed by atoms with Crippen LogP contribution in [0.3, 0.4) is 0 Å². The maximum absolute atomic E-state index is 12.6. The molecular formula is C22H20N2O3. The van der Waals surface area contributed by atoms with Gasteiger partial charge in [-0.05, 0) is 35.7 Å². The fourth-order valence-electron chi connectivity index (χ4n) is 3.48. The lowest BCUT2D eigenvalue weighted by atomic mass is 10.1. The molecule has 0 saturated carbocycles. The van der Waals surface area contributed by atoms with E-state index in [0.717, 1.165) is 22.2 Å². The van der Waals surface area contributed by atoms with Crippen molar-refractivity contribution in [1.29, 1.82) is 0 Å². The van der Waals surface area contributed by atoms with Gasteiger partial charge in [0.25, 0.3) is 0 Å². The summed E-state index contributed by atoms with van der Waals surface area (Å²) in [5.74, 6) is 0.183. The maximum Gasteiger partial charge on any atom is 0.229 e. The Kier molecular flexibility index (Phi) is 4.50. The lowest BCUT2D eigenvalue weighted by Crippen LogP contribution is -2.28. The minimum Gasteiger partial charge on any atom is -0.497 e. The molecule has 0 aliphatic carbocycles. The number of hydrogen-bond acceptors (Lipinski definition) is 3. The Hall–Kier alpha value is -3.34. The predicted octanol–water partition coefficient (Wildman–Crippen LogP) is 3.84. The van der Waals surface area contributed by atoms with Crippen LogP contribution in [0.1, 0.15) is 6.42 Å². The van der Waals surface area contributed by atoms with Crippen LogP contribution in [0.2, 0.25) is 0 Å². The molecule has 1 heterocycles. The first-order valence-electron chi connectivity index (χ1n) is 8.89. The van der Waals surface area contributed by atoms with E-state index in [1.807, 2.05) is 42.5 Å². The zero-order valence-electron chi connectivity index (χ0n) is 15.0. The fraction of sp³-hybridized carbons (Fsp3) is 0.182. The number of fused-ring (bicyclic) bond motifs is 1. The average Bonchev–Trinajstić information content (AvgIpc) is 3.10. The number of methoxy groups -OCH3 is 1. The highest BCUT2D eigenvalue weighted by atomic mass is 16.5. The summed E-state index contributed by atoms with van der Waals surface area (Å²) in [6.45, 7) is 0.384. The summed E-state index contributed by atoms with van der Waals surface area (Å²) in [6, 6.07) is 21.0. The van der Waals surface area contributed by atoms with Gasteiger partial charge in [0.1, 0.15) is 5.75 Å². The van der Waals surface area contributed by atoms with Gasteiger partial charge in [-0.2, -0.15) is 0 Å². The third-order valence-electron chi connectivity index (χ3n) is 4.91. The van der Waals surface area contributed by atoms with Crippen molar-refractivity contribution >= 4 is 34.0 Å². The Balaban J connectivity index is 1.52. The molecule has 27 heavy (non-hydrogen) atoms. The zero-order valence-corrected chi connectivity index (χ0v) is 15.0. The van der Waals surface area contributed by atoms with E-state index in [1.165, 1.54) is 0 Å². The van der Waals surface area contributed by atoms with Crippen LogP contribution in [0.4, 0.5) is 11.4 Å². The van der Waals surface area contributed by atoms with Crippen molar-refractivity contribution in [3.05, 3.63) is 66.7 Å². The smallest absolute Gasteiger partial charge is 0.229 e. The number of carbonyl (C=O) groups is 2. The van der Waals surface area contributed by atoms with Crippen LogP contribution in [-0.2, 0) is 9.59 Å². The SMILES string of the molecule is COc1ccc(NC(=O)[C@H]2CC(=O)N(c3cccc4ccccc34)C2)cc1. The number of carbonyl (C=O) groups excluding carboxylic acids is 2. The van der Waals surface area contributed by atoms with Gasteiger partial charge in [0, 0.05) is 24.0 Å². The molecule has 1 saturated heterocycles. The molecule has 1 aliphatic rings. The van der Waals surface area contributed by atoms with E-state index < -0.39 is 0 Å². The summed E-state index contributed by atoms with van der Waals surface area (Å²) in [5.41, 5.74) is 1.55. The maximum atomic E-state index is 12.6. The van der Waals surface area contributed by atoms with Gasteiger partial charge in [0.05, 0.1) is 18.7 Å². The molecule has 4 rings (SSSR count). The Morgan fingerprint density at radius 2 is 1.78 bits per heavy atom. The summed E-state index contributed by atoms with van der Waals surface area (Å²) >= 11 is 0. The van der Waals surface area contributed by atoms with Crippen LogP contribution in [0.5, 0.6) is 5.75 Å². The van der Waals surface area contributed by atoms with Crippen molar-refractivity contribution < 1.29 is 14.3 Å². The van der Waals surface area contributed by atoms with Crippen LogP contribution in [0.25, 0.3) is 10.8 Å². The Bertz CT molecular complexity index is 993. The van der Waals surface area contributed by atoms with Gasteiger partial charge in [-0.3, -0.25) is 9.59 Å². The molecule has 5 heteroatoms. The lowest BCUT2D eigenvalue weighted by molar-refractivity contribution is -0.122. The second-order valence-corrected chi connectivity index (χ2v) is 6.62. The number of benzene rings is 3. The van der Waals surface area contributed by atoms with Crippen molar-refractivity contribution in [2.45, 2.75) is 6.42 Å². The molecule has 1 atom stereocenters. The van der Waals surface area contributed by atoms with Crippen LogP contribution < -0.4 is 15.0 Å². The molecule has 0 unspecified atom stereocenters. The second kappa shape index (κ2) is 7.11. The van der Waals surface area contributed by atoms with Crippen LogP contribution >= 0.6 is 0 Å². The van der Waals surface area contributed by atoms with Crippen LogP contribution in [0.15, 0.2) is 66.7 Å². The number of amides is 2. The lowest BCUT2D eigenvalue weighted by Gasteiger charge is -2.19. The second-order valence-electron chi connectivity index (χ2n) is 6.62. The molecule has 2 amide bonds. The van der Waals surface area contributed by atoms with Gasteiger partial charge in [-0.1, -0.05) is 36.4 Å². The number of nitrogens with zero attached hydrogens (tertiary/aromatic N) is 1. The molecular weight excluding hydrogens is 340 g/mol. The fourth-order valence-corrected chi connectivity index (χ4v) is 3.48. The molecule has 1 N–H and O–H groups in total. The molecule has 1 aliphatic heterocycles. The highest BCUT2D eigenvalue weighted by molar-refractivity contribution is 6.08. The van der Waals surface area contributed by atoms with Gasteiger partial charge in [-0.15, -0.1) is 0 Å². The van der Waals surface area contributed by atoms with Gasteiger partial charge < -0.3 is 15.0 Å². The molecule has 1 fully saturated rings. The molecule has 0 radical (unpaired) electrons. The molecule has 5 nitrogen and oxygen atoms in total. The van der Waals surface area contributed by atoms with Gasteiger partial charge >= 0.3 is 0 Å². The highest BCUT2D eigenvalue weighted by Crippen LogP contribution is 2.32. The standard InChI is InChI=1S/C22H20N2O3/c1-27-18-11-9-17(10-12-18)23-22(26)16-13-21(25)24(14-16)20-8-4-6-15-5-2-3-7-19(15)20/h2-12,16H,13-14H2,1H3,(H,23,26)/t16-/m0/s1. The summed E-state index contributed by atoms with van der Waals surface area (Å²) in [7, 11) is 1.60. The first kappa shape index (κ1) is 17.1. The van der Waals surface area contributed by atoms with E-state index in [0.29, 0.717) is 12.2 Å². The topological polar surface area (TPSA) is 58.6 Å². The van der Waals surface area contributed by atoms with Crippen LogP contribution in [0, 0.1) is 5.92 Å². The van der Waals surface area contributed by atoms with Gasteiger partial charge in [0.2, 0.25) is 11.8 Å². The number of ether oxygens (including phenoxy) is 1. The molecule has 3 aromatic carbocycles. The molecule has 3 aromatic rings. The molecule has 0 bridgehead atoms. The largest absolute Gasteiger partial charge is 0.497 e. The van der Waals surface area contributed by atoms with Crippen molar-refractivity contribution in [2.75, 3.05) is 23.9 Å². The Morgan fingerprint density at radius 1 is 1.04 bits per heavy atom. The van der Waals surface area contributed by atoms with E-state index in [-0.39, 0.29) is 24.2 Å². The summed E-state index contributed by atoms with van der Waals surface area (Å²) < 4.78 is 5.12. The minimum atomic E-state index is -0.376. The van der Waals surface area contributed by atoms with Crippen LogP contribution in [-0.4, -0.2) is 25.5 Å². The van der Waals surface area contributed by atoms with E-state index in [4.69, 9.17) is 4.74 Å². The molecule has 136 valence electrons. The van der Waals surface area contributed by atoms with E-state index >= 15 is 0 Å². The van der Waals surface area contributed by atoms with E-state index in [2.05, 4.69) is 5.32 Å². The number of rotatable bonds is 4. The van der Waals surface area contributed by atoms with Crippen molar-refractivity contribution in [3.63, 3.8) is 0 Å². The first-order chi connectivity index (χ1) is 13.2. The summed E-state index contributed by atoms with van der Waals surface area (Å²) in [4.78, 5) is 27.0. The van der Waals surface area contributed by atoms with Gasteiger partial charge in [0.15, 0.2) is 0 Å². The number of nitrogens with one attached hydrogen (secondary N) is 1. The predicted molar refractivity (Wildman–Crippen MR) is 106 cm³/mol. The monoisotopic (exact) mass is 360 g/mol. The van der Waals surface area contributed by atoms with Crippen molar-refractivity contribution in [1.82, 2.24) is 0 Å². The summed E-state index contributed by atoms with van der Waals surface area (Å²) in [6.07, 6.45) is 0.214. The zero-order chi connectivity index (χ0) is 18.8. The summed E-state index contributed by atoms with van der Waals surface area (Å²) in [5, 5.41) is 4.99. The third-order valence-corrected chi connectivity index (χ3v) is 4.91. The number of hydrogen-bond donors (Lipinski definition) is 1. The Labute approximate surface area is 157 Å². The minimum absolute atomic E-state index is 0.0266. The number of anilines is 2. The first-order valence-corrected chi connectivity index (χ1v) is 8.89. The molecule has 0 aromatic heterocycles. The molecule has 0 spiro atoms. The van der Waals surface area contributed by atoms with E-state index in [9.17, 15) is 9.59 Å². The normalized spacial score (nSPS) is 16.6. The van der Waals surface area contributed by atoms with E-state index in [1.54, 1.807) is 36.3 Å².